The Morgan fingerprint density at radius 1 is 0.750 bits per heavy atom. The van der Waals surface area contributed by atoms with Gasteiger partial charge in [0.15, 0.2) is 0 Å². The van der Waals surface area contributed by atoms with Gasteiger partial charge in [-0.1, -0.05) is 84.9 Å². The van der Waals surface area contributed by atoms with E-state index >= 15 is 0 Å². The van der Waals surface area contributed by atoms with Gasteiger partial charge in [-0.3, -0.25) is 0 Å². The zero-order chi connectivity index (χ0) is 19.7. The number of hydrogen-bond donors (Lipinski definition) is 0. The van der Waals surface area contributed by atoms with E-state index in [1.54, 1.807) is 5.56 Å². The molecule has 3 unspecified atom stereocenters. The maximum absolute atomic E-state index is 2.49. The van der Waals surface area contributed by atoms with Gasteiger partial charge in [-0.25, -0.2) is 0 Å². The summed E-state index contributed by atoms with van der Waals surface area (Å²) in [5.74, 6) is 8.05. The Morgan fingerprint density at radius 3 is 1.69 bits per heavy atom. The summed E-state index contributed by atoms with van der Waals surface area (Å²) in [7, 11) is 0. The van der Waals surface area contributed by atoms with E-state index in [-0.39, 0.29) is 55.5 Å². The van der Waals surface area contributed by atoms with E-state index in [1.165, 1.54) is 24.8 Å². The fraction of sp³-hybridized carbons (Fsp3) is 0.613. The van der Waals surface area contributed by atoms with E-state index in [4.69, 9.17) is 0 Å². The number of hydrogen-bond acceptors (Lipinski definition) is 0. The van der Waals surface area contributed by atoms with E-state index in [0.29, 0.717) is 0 Å². The van der Waals surface area contributed by atoms with Crippen molar-refractivity contribution in [3.8, 4) is 0 Å². The molecule has 3 atom stereocenters. The van der Waals surface area contributed by atoms with Crippen LogP contribution < -0.4 is 0 Å². The monoisotopic (exact) mass is 606 g/mol. The zero-order valence-electron chi connectivity index (χ0n) is 23.3. The van der Waals surface area contributed by atoms with Crippen molar-refractivity contribution in [3.05, 3.63) is 71.2 Å². The van der Waals surface area contributed by atoms with Crippen molar-refractivity contribution in [1.29, 1.82) is 0 Å². The number of allylic oxidation sites excluding steroid dienone is 1. The minimum absolute atomic E-state index is 0. The van der Waals surface area contributed by atoms with Crippen molar-refractivity contribution in [3.63, 3.8) is 0 Å². The van der Waals surface area contributed by atoms with Gasteiger partial charge in [-0.15, -0.1) is 0 Å². The summed E-state index contributed by atoms with van der Waals surface area (Å²) in [5, 5.41) is 0. The molecule has 0 amide bonds. The van der Waals surface area contributed by atoms with E-state index < -0.39 is 0 Å². The first-order chi connectivity index (χ1) is 12.8. The average Bonchev–Trinajstić information content (AvgIpc) is 3.14. The van der Waals surface area contributed by atoms with Crippen LogP contribution in [0.1, 0.15) is 84.8 Å². The molecule has 0 N–H and O–H groups in total. The molecule has 0 heterocycles. The van der Waals surface area contributed by atoms with Crippen molar-refractivity contribution >= 4 is 6.08 Å². The predicted molar refractivity (Wildman–Crippen MR) is 145 cm³/mol. The molecule has 182 valence electrons. The van der Waals surface area contributed by atoms with Crippen LogP contribution >= 0.6 is 0 Å². The topological polar surface area (TPSA) is 0 Å². The molecule has 0 saturated heterocycles. The first kappa shape index (κ1) is 36.4. The number of fused-ring (bicyclic) bond motifs is 3. The van der Waals surface area contributed by atoms with Crippen LogP contribution in [-0.4, -0.2) is 0 Å². The molecular weight excluding hydrogens is 551 g/mol. The van der Waals surface area contributed by atoms with Gasteiger partial charge in [0.1, 0.15) is 0 Å². The van der Waals surface area contributed by atoms with Crippen LogP contribution in [0.5, 0.6) is 0 Å². The van der Waals surface area contributed by atoms with Gasteiger partial charge in [0.2, 0.25) is 0 Å². The Bertz CT molecular complexity index is 601. The van der Waals surface area contributed by atoms with Gasteiger partial charge >= 0.3 is 25.8 Å². The standard InChI is InChI=1S/C17H22.C10H20.4CH3.Hf/c1-12(2)11-14-8-10-17-15-6-4-3-5-13(15)7-9-16(14)17;1-6-7(2)9(4)10(5)8(6)3;;;;;/h3-7,9,12,14,16-17H,8,10-11H2,1-2H3;6-10H,1-5H3;4*1H3;/q;;4*-1;+4. The second-order valence-electron chi connectivity index (χ2n) is 10.4. The quantitative estimate of drug-likeness (QED) is 0.233. The Kier molecular flexibility index (Phi) is 17.8. The maximum atomic E-state index is 2.49. The normalized spacial score (nSPS) is 33.5. The molecule has 1 aromatic carbocycles. The molecule has 0 bridgehead atoms. The molecule has 1 heteroatoms. The third-order valence-electron chi connectivity index (χ3n) is 8.67. The molecule has 0 nitrogen and oxygen atoms in total. The summed E-state index contributed by atoms with van der Waals surface area (Å²) in [5.41, 5.74) is 3.06. The molecule has 3 aliphatic carbocycles. The maximum Gasteiger partial charge on any atom is 4.00 e. The second-order valence-corrected chi connectivity index (χ2v) is 10.4. The molecule has 1 aromatic rings. The molecule has 0 aliphatic heterocycles. The third-order valence-corrected chi connectivity index (χ3v) is 8.67. The van der Waals surface area contributed by atoms with E-state index in [1.807, 2.05) is 0 Å². The molecule has 2 fully saturated rings. The van der Waals surface area contributed by atoms with Gasteiger partial charge in [0.05, 0.1) is 0 Å². The molecular formula is C31H54Hf. The largest absolute Gasteiger partial charge is 4.00 e. The molecule has 2 saturated carbocycles. The summed E-state index contributed by atoms with van der Waals surface area (Å²) < 4.78 is 0. The summed E-state index contributed by atoms with van der Waals surface area (Å²) >= 11 is 0. The van der Waals surface area contributed by atoms with Crippen LogP contribution in [-0.2, 0) is 25.8 Å². The molecule has 32 heavy (non-hydrogen) atoms. The van der Waals surface area contributed by atoms with Crippen molar-refractivity contribution < 1.29 is 25.8 Å². The van der Waals surface area contributed by atoms with Crippen LogP contribution in [0.25, 0.3) is 6.08 Å². The number of benzene rings is 1. The van der Waals surface area contributed by atoms with Crippen LogP contribution in [0.3, 0.4) is 0 Å². The van der Waals surface area contributed by atoms with Crippen molar-refractivity contribution in [2.45, 2.75) is 73.6 Å². The van der Waals surface area contributed by atoms with Gasteiger partial charge in [-0.05, 0) is 83.7 Å². The Morgan fingerprint density at radius 2 is 1.22 bits per heavy atom. The smallest absolute Gasteiger partial charge is 0.358 e. The average molecular weight is 605 g/mol. The predicted octanol–water partition coefficient (Wildman–Crippen LogP) is 9.85. The van der Waals surface area contributed by atoms with Gasteiger partial charge in [0, 0.05) is 0 Å². The van der Waals surface area contributed by atoms with Crippen molar-refractivity contribution in [2.75, 3.05) is 0 Å². The minimum Gasteiger partial charge on any atom is -0.358 e. The third kappa shape index (κ3) is 7.68. The minimum atomic E-state index is 0. The van der Waals surface area contributed by atoms with Crippen LogP contribution in [0.4, 0.5) is 0 Å². The summed E-state index contributed by atoms with van der Waals surface area (Å²) in [6.45, 7) is 16.7. The first-order valence-corrected chi connectivity index (χ1v) is 11.6. The summed E-state index contributed by atoms with van der Waals surface area (Å²) in [6, 6.07) is 8.96. The zero-order valence-corrected chi connectivity index (χ0v) is 26.9. The van der Waals surface area contributed by atoms with E-state index in [0.717, 1.165) is 53.3 Å². The van der Waals surface area contributed by atoms with Crippen LogP contribution in [0, 0.1) is 77.0 Å². The van der Waals surface area contributed by atoms with Crippen LogP contribution in [0.2, 0.25) is 0 Å². The molecule has 0 aromatic heterocycles. The van der Waals surface area contributed by atoms with Crippen LogP contribution in [0.15, 0.2) is 30.3 Å². The molecule has 0 spiro atoms. The van der Waals surface area contributed by atoms with Gasteiger partial charge in [0.25, 0.3) is 0 Å². The Balaban J connectivity index is -0.000000499. The summed E-state index contributed by atoms with van der Waals surface area (Å²) in [6.07, 6.45) is 9.06. The van der Waals surface area contributed by atoms with E-state index in [2.05, 4.69) is 84.9 Å². The molecule has 4 rings (SSSR count). The second kappa shape index (κ2) is 15.7. The Labute approximate surface area is 223 Å². The fourth-order valence-electron chi connectivity index (χ4n) is 6.25. The SMILES string of the molecule is CC(C)CC1CCC2c3ccccc3C=CC12.CC1C(C)C(C)C(C)C1C.[CH3-].[CH3-].[CH3-].[CH3-].[Hf+4]. The van der Waals surface area contributed by atoms with Crippen molar-refractivity contribution in [1.82, 2.24) is 0 Å². The summed E-state index contributed by atoms with van der Waals surface area (Å²) in [4.78, 5) is 0. The number of rotatable bonds is 2. The van der Waals surface area contributed by atoms with E-state index in [9.17, 15) is 0 Å². The fourth-order valence-corrected chi connectivity index (χ4v) is 6.25. The first-order valence-electron chi connectivity index (χ1n) is 11.6. The molecule has 0 radical (unpaired) electrons. The van der Waals surface area contributed by atoms with Gasteiger partial charge < -0.3 is 29.7 Å². The van der Waals surface area contributed by atoms with Crippen molar-refractivity contribution in [2.24, 2.45) is 47.3 Å². The Hall–Kier alpha value is -0.170. The van der Waals surface area contributed by atoms with Gasteiger partial charge in [-0.2, -0.15) is 0 Å². The molecule has 3 aliphatic rings.